The third kappa shape index (κ3) is 3.93. The number of aromatic nitrogens is 1. The molecule has 2 N–H and O–H groups in total. The second kappa shape index (κ2) is 7.50. The summed E-state index contributed by atoms with van der Waals surface area (Å²) in [5.74, 6) is 1.20. The number of anilines is 1. The Hall–Kier alpha value is -3.08. The molecule has 1 aliphatic rings. The van der Waals surface area contributed by atoms with Crippen molar-refractivity contribution in [1.82, 2.24) is 9.88 Å². The molecule has 0 radical (unpaired) electrons. The van der Waals surface area contributed by atoms with E-state index < -0.39 is 0 Å². The molecule has 0 unspecified atom stereocenters. The molecule has 1 aromatic heterocycles. The van der Waals surface area contributed by atoms with Crippen LogP contribution in [0.4, 0.5) is 5.82 Å². The summed E-state index contributed by atoms with van der Waals surface area (Å²) in [6.07, 6.45) is 1.27. The largest absolute Gasteiger partial charge is 0.508 e. The SMILES string of the molecule is Cc1ccc2nc(N[C@H]3CCN(C(=O)Cc4ccc(O)cc4)C3)cc(C)c2c1. The van der Waals surface area contributed by atoms with Crippen LogP contribution < -0.4 is 5.32 Å². The topological polar surface area (TPSA) is 65.5 Å². The van der Waals surface area contributed by atoms with Crippen LogP contribution in [0.25, 0.3) is 10.9 Å². The van der Waals surface area contributed by atoms with Gasteiger partial charge < -0.3 is 15.3 Å². The molecule has 144 valence electrons. The highest BCUT2D eigenvalue weighted by molar-refractivity contribution is 5.84. The first kappa shape index (κ1) is 18.3. The maximum atomic E-state index is 12.6. The Labute approximate surface area is 165 Å². The van der Waals surface area contributed by atoms with Crippen LogP contribution in [-0.4, -0.2) is 40.0 Å². The number of nitrogens with zero attached hydrogens (tertiary/aromatic N) is 2. The van der Waals surface area contributed by atoms with E-state index >= 15 is 0 Å². The first-order valence-electron chi connectivity index (χ1n) is 9.68. The number of amides is 1. The van der Waals surface area contributed by atoms with Crippen molar-refractivity contribution in [2.24, 2.45) is 0 Å². The zero-order chi connectivity index (χ0) is 19.7. The normalized spacial score (nSPS) is 16.5. The minimum absolute atomic E-state index is 0.119. The maximum Gasteiger partial charge on any atom is 0.227 e. The lowest BCUT2D eigenvalue weighted by Gasteiger charge is -2.18. The van der Waals surface area contributed by atoms with Gasteiger partial charge in [-0.15, -0.1) is 0 Å². The number of aromatic hydroxyl groups is 1. The number of phenolic OH excluding ortho intramolecular Hbond substituents is 1. The zero-order valence-corrected chi connectivity index (χ0v) is 16.3. The number of pyridine rings is 1. The van der Waals surface area contributed by atoms with Crippen molar-refractivity contribution in [2.45, 2.75) is 32.7 Å². The smallest absolute Gasteiger partial charge is 0.227 e. The fraction of sp³-hybridized carbons (Fsp3) is 0.304. The molecule has 0 saturated carbocycles. The Bertz CT molecular complexity index is 1010. The van der Waals surface area contributed by atoms with Crippen LogP contribution >= 0.6 is 0 Å². The second-order valence-electron chi connectivity index (χ2n) is 7.66. The van der Waals surface area contributed by atoms with Gasteiger partial charge in [0.1, 0.15) is 11.6 Å². The van der Waals surface area contributed by atoms with Gasteiger partial charge >= 0.3 is 0 Å². The summed E-state index contributed by atoms with van der Waals surface area (Å²) in [4.78, 5) is 19.2. The first-order valence-corrected chi connectivity index (χ1v) is 9.68. The molecule has 28 heavy (non-hydrogen) atoms. The summed E-state index contributed by atoms with van der Waals surface area (Å²) in [6.45, 7) is 5.63. The van der Waals surface area contributed by atoms with E-state index in [1.54, 1.807) is 24.3 Å². The zero-order valence-electron chi connectivity index (χ0n) is 16.3. The maximum absolute atomic E-state index is 12.6. The lowest BCUT2D eigenvalue weighted by molar-refractivity contribution is -0.129. The van der Waals surface area contributed by atoms with Crippen molar-refractivity contribution < 1.29 is 9.90 Å². The van der Waals surface area contributed by atoms with Gasteiger partial charge in [0.2, 0.25) is 5.91 Å². The minimum atomic E-state index is 0.119. The molecule has 1 saturated heterocycles. The third-order valence-corrected chi connectivity index (χ3v) is 5.36. The standard InChI is InChI=1S/C23H25N3O2/c1-15-3-8-21-20(11-15)16(2)12-22(25-21)24-18-9-10-26(14-18)23(28)13-17-4-6-19(27)7-5-17/h3-8,11-12,18,27H,9-10,13-14H2,1-2H3,(H,24,25)/t18-/m0/s1. The fourth-order valence-electron chi connectivity index (χ4n) is 3.80. The van der Waals surface area contributed by atoms with Gasteiger partial charge in [-0.3, -0.25) is 4.79 Å². The van der Waals surface area contributed by atoms with Gasteiger partial charge in [-0.05, 0) is 61.7 Å². The highest BCUT2D eigenvalue weighted by atomic mass is 16.3. The van der Waals surface area contributed by atoms with Gasteiger partial charge in [-0.25, -0.2) is 4.98 Å². The predicted molar refractivity (Wildman–Crippen MR) is 112 cm³/mol. The van der Waals surface area contributed by atoms with Crippen LogP contribution in [0.3, 0.4) is 0 Å². The lowest BCUT2D eigenvalue weighted by Crippen LogP contribution is -2.32. The molecule has 3 aromatic rings. The van der Waals surface area contributed by atoms with E-state index in [4.69, 9.17) is 4.98 Å². The molecule has 4 rings (SSSR count). The highest BCUT2D eigenvalue weighted by Crippen LogP contribution is 2.23. The highest BCUT2D eigenvalue weighted by Gasteiger charge is 2.26. The van der Waals surface area contributed by atoms with E-state index in [0.29, 0.717) is 13.0 Å². The number of carbonyl (C=O) groups is 1. The number of nitrogens with one attached hydrogen (secondary N) is 1. The number of fused-ring (bicyclic) bond motifs is 1. The molecule has 0 aliphatic carbocycles. The molecule has 2 aromatic carbocycles. The summed E-state index contributed by atoms with van der Waals surface area (Å²) in [5, 5.41) is 14.1. The average Bonchev–Trinajstić information content (AvgIpc) is 3.13. The van der Waals surface area contributed by atoms with Crippen molar-refractivity contribution in [1.29, 1.82) is 0 Å². The monoisotopic (exact) mass is 375 g/mol. The van der Waals surface area contributed by atoms with Crippen molar-refractivity contribution in [3.05, 3.63) is 65.2 Å². The number of hydrogen-bond acceptors (Lipinski definition) is 4. The summed E-state index contributed by atoms with van der Waals surface area (Å²) in [6, 6.07) is 15.4. The summed E-state index contributed by atoms with van der Waals surface area (Å²) >= 11 is 0. The summed E-state index contributed by atoms with van der Waals surface area (Å²) in [7, 11) is 0. The Kier molecular flexibility index (Phi) is 4.90. The molecule has 0 bridgehead atoms. The minimum Gasteiger partial charge on any atom is -0.508 e. The van der Waals surface area contributed by atoms with Gasteiger partial charge in [0.05, 0.1) is 11.9 Å². The van der Waals surface area contributed by atoms with Crippen LogP contribution in [0, 0.1) is 13.8 Å². The number of carbonyl (C=O) groups excluding carboxylic acids is 1. The average molecular weight is 375 g/mol. The molecule has 5 nitrogen and oxygen atoms in total. The second-order valence-corrected chi connectivity index (χ2v) is 7.66. The number of likely N-dealkylation sites (tertiary alicyclic amines) is 1. The van der Waals surface area contributed by atoms with Crippen LogP contribution in [-0.2, 0) is 11.2 Å². The Morgan fingerprint density at radius 2 is 1.96 bits per heavy atom. The van der Waals surface area contributed by atoms with E-state index in [1.807, 2.05) is 4.90 Å². The predicted octanol–water partition coefficient (Wildman–Crippen LogP) is 3.81. The van der Waals surface area contributed by atoms with E-state index in [9.17, 15) is 9.90 Å². The van der Waals surface area contributed by atoms with Gasteiger partial charge in [0.15, 0.2) is 0 Å². The van der Waals surface area contributed by atoms with Crippen LogP contribution in [0.1, 0.15) is 23.1 Å². The Morgan fingerprint density at radius 1 is 1.18 bits per heavy atom. The summed E-state index contributed by atoms with van der Waals surface area (Å²) < 4.78 is 0. The van der Waals surface area contributed by atoms with Crippen molar-refractivity contribution in [2.75, 3.05) is 18.4 Å². The number of hydrogen-bond donors (Lipinski definition) is 2. The van der Waals surface area contributed by atoms with Gasteiger partial charge in [0, 0.05) is 24.5 Å². The van der Waals surface area contributed by atoms with Gasteiger partial charge in [-0.2, -0.15) is 0 Å². The van der Waals surface area contributed by atoms with Crippen LogP contribution in [0.15, 0.2) is 48.5 Å². The van der Waals surface area contributed by atoms with Crippen LogP contribution in [0.2, 0.25) is 0 Å². The van der Waals surface area contributed by atoms with Crippen molar-refractivity contribution in [3.8, 4) is 5.75 Å². The lowest BCUT2D eigenvalue weighted by atomic mass is 10.1. The molecular formula is C23H25N3O2. The van der Waals surface area contributed by atoms with Crippen molar-refractivity contribution >= 4 is 22.6 Å². The molecule has 2 heterocycles. The Balaban J connectivity index is 1.40. The number of aryl methyl sites for hydroxylation is 2. The first-order chi connectivity index (χ1) is 13.5. The van der Waals surface area contributed by atoms with E-state index in [-0.39, 0.29) is 17.7 Å². The molecule has 0 spiro atoms. The third-order valence-electron chi connectivity index (χ3n) is 5.36. The fourth-order valence-corrected chi connectivity index (χ4v) is 3.80. The summed E-state index contributed by atoms with van der Waals surface area (Å²) in [5.41, 5.74) is 4.35. The van der Waals surface area contributed by atoms with E-state index in [2.05, 4.69) is 43.4 Å². The Morgan fingerprint density at radius 3 is 2.75 bits per heavy atom. The molecule has 1 atom stereocenters. The van der Waals surface area contributed by atoms with Crippen molar-refractivity contribution in [3.63, 3.8) is 0 Å². The molecular weight excluding hydrogens is 350 g/mol. The number of rotatable bonds is 4. The number of phenols is 1. The number of benzene rings is 2. The molecule has 1 aliphatic heterocycles. The molecule has 1 fully saturated rings. The molecule has 5 heteroatoms. The van der Waals surface area contributed by atoms with Crippen LogP contribution in [0.5, 0.6) is 5.75 Å². The molecule has 1 amide bonds. The quantitative estimate of drug-likeness (QED) is 0.728. The van der Waals surface area contributed by atoms with E-state index in [1.165, 1.54) is 16.5 Å². The van der Waals surface area contributed by atoms with E-state index in [0.717, 1.165) is 29.9 Å². The van der Waals surface area contributed by atoms with Gasteiger partial charge in [-0.1, -0.05) is 23.8 Å². The van der Waals surface area contributed by atoms with Gasteiger partial charge in [0.25, 0.3) is 0 Å².